The molecule has 1 aliphatic rings. The van der Waals surface area contributed by atoms with Gasteiger partial charge in [-0.3, -0.25) is 0 Å². The lowest BCUT2D eigenvalue weighted by atomic mass is 9.84. The summed E-state index contributed by atoms with van der Waals surface area (Å²) in [5.74, 6) is 0.800. The predicted molar refractivity (Wildman–Crippen MR) is 72.4 cm³/mol. The summed E-state index contributed by atoms with van der Waals surface area (Å²) in [6, 6.07) is 3.94. The molecule has 0 saturated carbocycles. The average molecular weight is 299 g/mol. The van der Waals surface area contributed by atoms with Gasteiger partial charge in [-0.15, -0.1) is 0 Å². The van der Waals surface area contributed by atoms with E-state index in [2.05, 4.69) is 29.8 Å². The van der Waals surface area contributed by atoms with Gasteiger partial charge < -0.3 is 9.84 Å². The minimum atomic E-state index is -0.395. The van der Waals surface area contributed by atoms with E-state index in [1.54, 1.807) is 7.11 Å². The standard InChI is InChI=1S/C14H19BrO2/c1-14(2)5-4-10-11(13(16)8-14)6-9(17-3)7-12(10)15/h6-7,13,16H,4-5,8H2,1-3H3. The van der Waals surface area contributed by atoms with Gasteiger partial charge in [0.2, 0.25) is 0 Å². The molecule has 0 heterocycles. The molecule has 17 heavy (non-hydrogen) atoms. The molecule has 0 spiro atoms. The van der Waals surface area contributed by atoms with Crippen molar-refractivity contribution in [1.29, 1.82) is 0 Å². The summed E-state index contributed by atoms with van der Waals surface area (Å²) in [6.07, 6.45) is 2.51. The van der Waals surface area contributed by atoms with Gasteiger partial charge in [0.25, 0.3) is 0 Å². The largest absolute Gasteiger partial charge is 0.497 e. The van der Waals surface area contributed by atoms with Crippen LogP contribution in [0.25, 0.3) is 0 Å². The summed E-state index contributed by atoms with van der Waals surface area (Å²) in [7, 11) is 1.65. The Morgan fingerprint density at radius 2 is 2.12 bits per heavy atom. The first-order valence-electron chi connectivity index (χ1n) is 5.97. The van der Waals surface area contributed by atoms with Crippen LogP contribution in [0.2, 0.25) is 0 Å². The Kier molecular flexibility index (Phi) is 3.50. The third kappa shape index (κ3) is 2.66. The number of fused-ring (bicyclic) bond motifs is 1. The van der Waals surface area contributed by atoms with Crippen LogP contribution in [0.5, 0.6) is 5.75 Å². The Balaban J connectivity index is 2.47. The van der Waals surface area contributed by atoms with Crippen LogP contribution >= 0.6 is 15.9 Å². The van der Waals surface area contributed by atoms with Crippen LogP contribution in [0, 0.1) is 5.41 Å². The molecule has 1 unspecified atom stereocenters. The third-order valence-electron chi connectivity index (χ3n) is 3.60. The zero-order chi connectivity index (χ0) is 12.6. The Bertz CT molecular complexity index is 426. The molecule has 3 heteroatoms. The Morgan fingerprint density at radius 3 is 2.76 bits per heavy atom. The maximum absolute atomic E-state index is 10.3. The van der Waals surface area contributed by atoms with Crippen molar-refractivity contribution in [1.82, 2.24) is 0 Å². The molecule has 2 nitrogen and oxygen atoms in total. The van der Waals surface area contributed by atoms with Crippen molar-refractivity contribution in [3.8, 4) is 5.75 Å². The normalized spacial score (nSPS) is 22.8. The highest BCUT2D eigenvalue weighted by Crippen LogP contribution is 2.42. The fraction of sp³-hybridized carbons (Fsp3) is 0.571. The fourth-order valence-electron chi connectivity index (χ4n) is 2.51. The van der Waals surface area contributed by atoms with Crippen molar-refractivity contribution >= 4 is 15.9 Å². The summed E-state index contributed by atoms with van der Waals surface area (Å²) in [4.78, 5) is 0. The summed E-state index contributed by atoms with van der Waals surface area (Å²) < 4.78 is 6.31. The smallest absolute Gasteiger partial charge is 0.120 e. The Labute approximate surface area is 111 Å². The molecule has 0 aromatic heterocycles. The number of benzene rings is 1. The molecule has 1 N–H and O–H groups in total. The van der Waals surface area contributed by atoms with Crippen molar-refractivity contribution < 1.29 is 9.84 Å². The molecule has 2 rings (SSSR count). The molecular weight excluding hydrogens is 280 g/mol. The average Bonchev–Trinajstić information content (AvgIpc) is 2.36. The van der Waals surface area contributed by atoms with E-state index in [4.69, 9.17) is 4.74 Å². The summed E-state index contributed by atoms with van der Waals surface area (Å²) in [6.45, 7) is 4.43. The Morgan fingerprint density at radius 1 is 1.41 bits per heavy atom. The van der Waals surface area contributed by atoms with Crippen molar-refractivity contribution in [3.63, 3.8) is 0 Å². The second-order valence-corrected chi connectivity index (χ2v) is 6.42. The first-order valence-corrected chi connectivity index (χ1v) is 6.76. The van der Waals surface area contributed by atoms with Crippen LogP contribution in [0.4, 0.5) is 0 Å². The van der Waals surface area contributed by atoms with Crippen molar-refractivity contribution in [2.24, 2.45) is 5.41 Å². The van der Waals surface area contributed by atoms with E-state index in [0.717, 1.165) is 35.0 Å². The van der Waals surface area contributed by atoms with Gasteiger partial charge >= 0.3 is 0 Å². The molecule has 94 valence electrons. The van der Waals surface area contributed by atoms with Gasteiger partial charge in [-0.05, 0) is 47.9 Å². The van der Waals surface area contributed by atoms with E-state index in [1.165, 1.54) is 5.56 Å². The van der Waals surface area contributed by atoms with E-state index < -0.39 is 6.10 Å². The van der Waals surface area contributed by atoms with Crippen LogP contribution in [-0.2, 0) is 6.42 Å². The monoisotopic (exact) mass is 298 g/mol. The van der Waals surface area contributed by atoms with Crippen molar-refractivity contribution in [3.05, 3.63) is 27.7 Å². The number of aliphatic hydroxyl groups is 1. The topological polar surface area (TPSA) is 29.5 Å². The second-order valence-electron chi connectivity index (χ2n) is 5.56. The Hall–Kier alpha value is -0.540. The molecule has 0 bridgehead atoms. The van der Waals surface area contributed by atoms with Crippen LogP contribution < -0.4 is 4.74 Å². The number of methoxy groups -OCH3 is 1. The van der Waals surface area contributed by atoms with Gasteiger partial charge in [-0.25, -0.2) is 0 Å². The molecule has 0 radical (unpaired) electrons. The van der Waals surface area contributed by atoms with Gasteiger partial charge in [0.15, 0.2) is 0 Å². The van der Waals surface area contributed by atoms with Gasteiger partial charge in [-0.1, -0.05) is 29.8 Å². The molecule has 0 aliphatic heterocycles. The minimum absolute atomic E-state index is 0.186. The highest BCUT2D eigenvalue weighted by Gasteiger charge is 2.29. The second kappa shape index (κ2) is 4.62. The maximum atomic E-state index is 10.3. The number of aliphatic hydroxyl groups excluding tert-OH is 1. The molecule has 0 fully saturated rings. The third-order valence-corrected chi connectivity index (χ3v) is 4.30. The minimum Gasteiger partial charge on any atom is -0.497 e. The molecule has 1 aromatic carbocycles. The zero-order valence-electron chi connectivity index (χ0n) is 10.6. The van der Waals surface area contributed by atoms with E-state index in [1.807, 2.05) is 12.1 Å². The molecule has 1 atom stereocenters. The van der Waals surface area contributed by atoms with Gasteiger partial charge in [0.05, 0.1) is 13.2 Å². The molecule has 1 aromatic rings. The van der Waals surface area contributed by atoms with Gasteiger partial charge in [-0.2, -0.15) is 0 Å². The molecule has 0 amide bonds. The highest BCUT2D eigenvalue weighted by atomic mass is 79.9. The lowest BCUT2D eigenvalue weighted by Gasteiger charge is -2.24. The van der Waals surface area contributed by atoms with E-state index >= 15 is 0 Å². The van der Waals surface area contributed by atoms with Crippen LogP contribution in [0.1, 0.15) is 43.9 Å². The summed E-state index contributed by atoms with van der Waals surface area (Å²) in [5, 5.41) is 10.3. The first kappa shape index (κ1) is 12.9. The predicted octanol–water partition coefficient (Wildman–Crippen LogP) is 3.85. The number of halogens is 1. The molecular formula is C14H19BrO2. The first-order chi connectivity index (χ1) is 7.93. The lowest BCUT2D eigenvalue weighted by Crippen LogP contribution is -2.13. The molecule has 1 aliphatic carbocycles. The van der Waals surface area contributed by atoms with Crippen LogP contribution in [0.15, 0.2) is 16.6 Å². The van der Waals surface area contributed by atoms with E-state index in [-0.39, 0.29) is 5.41 Å². The zero-order valence-corrected chi connectivity index (χ0v) is 12.2. The number of hydrogen-bond acceptors (Lipinski definition) is 2. The number of ether oxygens (including phenoxy) is 1. The summed E-state index contributed by atoms with van der Waals surface area (Å²) in [5.41, 5.74) is 2.43. The van der Waals surface area contributed by atoms with Crippen molar-refractivity contribution in [2.45, 2.75) is 39.2 Å². The lowest BCUT2D eigenvalue weighted by molar-refractivity contribution is 0.116. The maximum Gasteiger partial charge on any atom is 0.120 e. The van der Waals surface area contributed by atoms with E-state index in [0.29, 0.717) is 0 Å². The van der Waals surface area contributed by atoms with Gasteiger partial charge in [0.1, 0.15) is 5.75 Å². The molecule has 0 saturated heterocycles. The van der Waals surface area contributed by atoms with Gasteiger partial charge in [0, 0.05) is 4.47 Å². The number of hydrogen-bond donors (Lipinski definition) is 1. The quantitative estimate of drug-likeness (QED) is 0.798. The number of rotatable bonds is 1. The SMILES string of the molecule is COc1cc(Br)c2c(c1)C(O)CC(C)(C)CC2. The van der Waals surface area contributed by atoms with Crippen LogP contribution in [0.3, 0.4) is 0 Å². The van der Waals surface area contributed by atoms with E-state index in [9.17, 15) is 5.11 Å². The fourth-order valence-corrected chi connectivity index (χ4v) is 3.16. The summed E-state index contributed by atoms with van der Waals surface area (Å²) >= 11 is 3.58. The van der Waals surface area contributed by atoms with Crippen molar-refractivity contribution in [2.75, 3.05) is 7.11 Å². The highest BCUT2D eigenvalue weighted by molar-refractivity contribution is 9.10. The van der Waals surface area contributed by atoms with Crippen LogP contribution in [-0.4, -0.2) is 12.2 Å².